The molecule has 2 saturated heterocycles. The lowest BCUT2D eigenvalue weighted by molar-refractivity contribution is -0.146. The predicted octanol–water partition coefficient (Wildman–Crippen LogP) is 0.631. The highest BCUT2D eigenvalue weighted by Gasteiger charge is 2.54. The van der Waals surface area contributed by atoms with Crippen molar-refractivity contribution in [3.8, 4) is 0 Å². The Morgan fingerprint density at radius 2 is 2.21 bits per heavy atom. The smallest absolute Gasteiger partial charge is 0.258 e. The molecule has 1 atom stereocenters. The van der Waals surface area contributed by atoms with Crippen molar-refractivity contribution in [2.24, 2.45) is 0 Å². The average molecular weight is 262 g/mol. The summed E-state index contributed by atoms with van der Waals surface area (Å²) in [7, 11) is 0. The second-order valence-electron chi connectivity index (χ2n) is 5.48. The van der Waals surface area contributed by atoms with Crippen LogP contribution in [0, 0.1) is 0 Å². The van der Waals surface area contributed by atoms with Gasteiger partial charge in [0.1, 0.15) is 0 Å². The number of hydrogen-bond acceptors (Lipinski definition) is 4. The normalized spacial score (nSPS) is 30.6. The van der Waals surface area contributed by atoms with E-state index in [2.05, 4.69) is 4.98 Å². The molecule has 2 aliphatic heterocycles. The van der Waals surface area contributed by atoms with Crippen LogP contribution >= 0.6 is 0 Å². The van der Waals surface area contributed by atoms with E-state index in [9.17, 15) is 15.0 Å². The number of carbonyl (C=O) groups is 1. The van der Waals surface area contributed by atoms with E-state index in [4.69, 9.17) is 0 Å². The topological polar surface area (TPSA) is 73.7 Å². The predicted molar refractivity (Wildman–Crippen MR) is 68.1 cm³/mol. The van der Waals surface area contributed by atoms with E-state index in [-0.39, 0.29) is 18.6 Å². The summed E-state index contributed by atoms with van der Waals surface area (Å²) in [6, 6.07) is 5.30. The van der Waals surface area contributed by atoms with Crippen molar-refractivity contribution < 1.29 is 15.0 Å². The summed E-state index contributed by atoms with van der Waals surface area (Å²) in [6.07, 6.45) is 3.82. The van der Waals surface area contributed by atoms with Crippen LogP contribution in [0.3, 0.4) is 0 Å². The van der Waals surface area contributed by atoms with Gasteiger partial charge in [-0.1, -0.05) is 6.07 Å². The second kappa shape index (κ2) is 4.58. The molecule has 1 aromatic heterocycles. The van der Waals surface area contributed by atoms with Gasteiger partial charge in [-0.15, -0.1) is 0 Å². The van der Waals surface area contributed by atoms with Crippen molar-refractivity contribution in [1.29, 1.82) is 0 Å². The second-order valence-corrected chi connectivity index (χ2v) is 5.48. The van der Waals surface area contributed by atoms with Gasteiger partial charge in [0.05, 0.1) is 17.8 Å². The Morgan fingerprint density at radius 1 is 1.47 bits per heavy atom. The minimum Gasteiger partial charge on any atom is -0.394 e. The van der Waals surface area contributed by atoms with Gasteiger partial charge in [0, 0.05) is 12.2 Å². The fraction of sp³-hybridized carbons (Fsp3) is 0.571. The molecule has 1 amide bonds. The van der Waals surface area contributed by atoms with Gasteiger partial charge in [0.15, 0.2) is 6.10 Å². The van der Waals surface area contributed by atoms with Crippen molar-refractivity contribution >= 4 is 5.91 Å². The minimum absolute atomic E-state index is 0.0236. The molecule has 0 saturated carbocycles. The number of aromatic nitrogens is 1. The first-order valence-electron chi connectivity index (χ1n) is 6.71. The monoisotopic (exact) mass is 262 g/mol. The van der Waals surface area contributed by atoms with Crippen LogP contribution in [0.5, 0.6) is 0 Å². The van der Waals surface area contributed by atoms with Crippen LogP contribution in [0.1, 0.15) is 37.5 Å². The molecule has 2 fully saturated rings. The van der Waals surface area contributed by atoms with Gasteiger partial charge in [0.25, 0.3) is 5.91 Å². The van der Waals surface area contributed by atoms with E-state index in [0.717, 1.165) is 25.7 Å². The standard InChI is InChI=1S/C14H18N2O3/c17-9-14-6-4-10(5-7-14)16(14)13(19)12(18)11-3-1-2-8-15-11/h1-3,8,10,12,17-18H,4-7,9H2. The van der Waals surface area contributed by atoms with Crippen LogP contribution in [-0.2, 0) is 4.79 Å². The number of aliphatic hydroxyl groups is 2. The first-order chi connectivity index (χ1) is 9.18. The van der Waals surface area contributed by atoms with Gasteiger partial charge in [-0.25, -0.2) is 0 Å². The Morgan fingerprint density at radius 3 is 2.79 bits per heavy atom. The molecule has 0 spiro atoms. The SMILES string of the molecule is O=C(C(O)c1ccccn1)N1C2CCC1(CO)CC2. The highest BCUT2D eigenvalue weighted by Crippen LogP contribution is 2.47. The number of fused-ring (bicyclic) bond motifs is 2. The van der Waals surface area contributed by atoms with Crippen LogP contribution in [-0.4, -0.2) is 44.2 Å². The highest BCUT2D eigenvalue weighted by molar-refractivity contribution is 5.83. The lowest BCUT2D eigenvalue weighted by Crippen LogP contribution is -2.49. The lowest BCUT2D eigenvalue weighted by Gasteiger charge is -2.34. The molecule has 2 aliphatic rings. The lowest BCUT2D eigenvalue weighted by atomic mass is 9.88. The molecule has 5 heteroatoms. The minimum atomic E-state index is -1.23. The molecule has 5 nitrogen and oxygen atoms in total. The van der Waals surface area contributed by atoms with Crippen molar-refractivity contribution in [1.82, 2.24) is 9.88 Å². The Labute approximate surface area is 111 Å². The molecule has 0 aromatic carbocycles. The maximum absolute atomic E-state index is 12.5. The molecule has 1 aromatic rings. The summed E-state index contributed by atoms with van der Waals surface area (Å²) in [5.41, 5.74) is -0.0794. The molecule has 1 unspecified atom stereocenters. The molecule has 0 radical (unpaired) electrons. The van der Waals surface area contributed by atoms with Gasteiger partial charge in [-0.05, 0) is 37.8 Å². The molecule has 2 N–H and O–H groups in total. The molecule has 2 bridgehead atoms. The van der Waals surface area contributed by atoms with E-state index in [1.807, 2.05) is 0 Å². The Bertz CT molecular complexity index is 469. The first-order valence-corrected chi connectivity index (χ1v) is 6.71. The summed E-state index contributed by atoms with van der Waals surface area (Å²) in [5.74, 6) is -0.326. The maximum Gasteiger partial charge on any atom is 0.258 e. The summed E-state index contributed by atoms with van der Waals surface area (Å²) in [4.78, 5) is 18.2. The largest absolute Gasteiger partial charge is 0.394 e. The number of pyridine rings is 1. The first kappa shape index (κ1) is 12.6. The number of carbonyl (C=O) groups excluding carboxylic acids is 1. The number of rotatable bonds is 3. The van der Waals surface area contributed by atoms with Crippen molar-refractivity contribution in [3.63, 3.8) is 0 Å². The van der Waals surface area contributed by atoms with E-state index >= 15 is 0 Å². The Balaban J connectivity index is 1.85. The van der Waals surface area contributed by atoms with Crippen molar-refractivity contribution in [2.45, 2.75) is 43.4 Å². The highest BCUT2D eigenvalue weighted by atomic mass is 16.3. The zero-order valence-electron chi connectivity index (χ0n) is 10.7. The molecule has 19 heavy (non-hydrogen) atoms. The quantitative estimate of drug-likeness (QED) is 0.838. The summed E-state index contributed by atoms with van der Waals surface area (Å²) >= 11 is 0. The Hall–Kier alpha value is -1.46. The van der Waals surface area contributed by atoms with Gasteiger partial charge >= 0.3 is 0 Å². The van der Waals surface area contributed by atoms with Gasteiger partial charge in [-0.3, -0.25) is 9.78 Å². The van der Waals surface area contributed by atoms with E-state index < -0.39 is 11.6 Å². The Kier molecular flexibility index (Phi) is 3.03. The molecular weight excluding hydrogens is 244 g/mol. The molecular formula is C14H18N2O3. The fourth-order valence-electron chi connectivity index (χ4n) is 3.47. The van der Waals surface area contributed by atoms with Crippen LogP contribution in [0.25, 0.3) is 0 Å². The molecule has 102 valence electrons. The van der Waals surface area contributed by atoms with Gasteiger partial charge in [0.2, 0.25) is 0 Å². The summed E-state index contributed by atoms with van der Waals surface area (Å²) in [5, 5.41) is 19.8. The summed E-state index contributed by atoms with van der Waals surface area (Å²) in [6.45, 7) is -0.0236. The zero-order chi connectivity index (χ0) is 13.5. The van der Waals surface area contributed by atoms with Gasteiger partial charge < -0.3 is 15.1 Å². The van der Waals surface area contributed by atoms with Crippen molar-refractivity contribution in [3.05, 3.63) is 30.1 Å². The third-order valence-corrected chi connectivity index (χ3v) is 4.50. The maximum atomic E-state index is 12.5. The number of amides is 1. The van der Waals surface area contributed by atoms with E-state index in [1.54, 1.807) is 29.3 Å². The van der Waals surface area contributed by atoms with Crippen LogP contribution in [0.15, 0.2) is 24.4 Å². The number of aliphatic hydroxyl groups excluding tert-OH is 2. The molecule has 3 rings (SSSR count). The van der Waals surface area contributed by atoms with Gasteiger partial charge in [-0.2, -0.15) is 0 Å². The fourth-order valence-corrected chi connectivity index (χ4v) is 3.47. The van der Waals surface area contributed by atoms with E-state index in [0.29, 0.717) is 5.69 Å². The van der Waals surface area contributed by atoms with Crippen LogP contribution < -0.4 is 0 Å². The third kappa shape index (κ3) is 1.84. The number of hydrogen-bond donors (Lipinski definition) is 2. The van der Waals surface area contributed by atoms with Crippen LogP contribution in [0.4, 0.5) is 0 Å². The van der Waals surface area contributed by atoms with Crippen molar-refractivity contribution in [2.75, 3.05) is 6.61 Å². The van der Waals surface area contributed by atoms with Crippen LogP contribution in [0.2, 0.25) is 0 Å². The van der Waals surface area contributed by atoms with E-state index in [1.165, 1.54) is 0 Å². The third-order valence-electron chi connectivity index (χ3n) is 4.50. The summed E-state index contributed by atoms with van der Waals surface area (Å²) < 4.78 is 0. The molecule has 3 heterocycles. The zero-order valence-corrected chi connectivity index (χ0v) is 10.7. The average Bonchev–Trinajstić information content (AvgIpc) is 3.02. The molecule has 0 aliphatic carbocycles. The number of nitrogens with zero attached hydrogens (tertiary/aromatic N) is 2.